The van der Waals surface area contributed by atoms with Crippen molar-refractivity contribution >= 4 is 17.3 Å². The number of nitrogens with two attached hydrogens (primary N) is 1. The molecule has 0 spiro atoms. The summed E-state index contributed by atoms with van der Waals surface area (Å²) in [6.45, 7) is 4.53. The lowest BCUT2D eigenvalue weighted by molar-refractivity contribution is -0.384. The SMILES string of the molecule is C[C@@H]1CN(C(=O)c2cccc(NN)c2[N+](=O)[O-])C[C@H](C)O1. The zero-order chi connectivity index (χ0) is 15.6. The number of nitro groups is 1. The van der Waals surface area contributed by atoms with Crippen LogP contribution in [0.1, 0.15) is 24.2 Å². The Kier molecular flexibility index (Phi) is 4.39. The smallest absolute Gasteiger partial charge is 0.306 e. The highest BCUT2D eigenvalue weighted by molar-refractivity contribution is 6.00. The van der Waals surface area contributed by atoms with Crippen molar-refractivity contribution in [1.29, 1.82) is 0 Å². The molecule has 8 nitrogen and oxygen atoms in total. The quantitative estimate of drug-likeness (QED) is 0.491. The number of nitrogens with one attached hydrogen (secondary N) is 1. The second-order valence-corrected chi connectivity index (χ2v) is 5.07. The molecule has 0 unspecified atom stereocenters. The zero-order valence-corrected chi connectivity index (χ0v) is 11.9. The number of para-hydroxylation sites is 1. The Morgan fingerprint density at radius 1 is 1.43 bits per heavy atom. The largest absolute Gasteiger partial charge is 0.372 e. The monoisotopic (exact) mass is 294 g/mol. The van der Waals surface area contributed by atoms with Crippen LogP contribution in [0.3, 0.4) is 0 Å². The Bertz CT molecular complexity index is 553. The summed E-state index contributed by atoms with van der Waals surface area (Å²) < 4.78 is 5.56. The number of nitrogen functional groups attached to an aromatic ring is 1. The molecule has 8 heteroatoms. The van der Waals surface area contributed by atoms with Gasteiger partial charge >= 0.3 is 5.69 Å². The second-order valence-electron chi connectivity index (χ2n) is 5.07. The van der Waals surface area contributed by atoms with Gasteiger partial charge in [0.05, 0.1) is 17.1 Å². The lowest BCUT2D eigenvalue weighted by Gasteiger charge is -2.35. The fraction of sp³-hybridized carbons (Fsp3) is 0.462. The first-order chi connectivity index (χ1) is 9.93. The molecule has 114 valence electrons. The van der Waals surface area contributed by atoms with E-state index in [1.165, 1.54) is 12.1 Å². The van der Waals surface area contributed by atoms with Gasteiger partial charge in [-0.1, -0.05) is 6.07 Å². The number of ether oxygens (including phenoxy) is 1. The van der Waals surface area contributed by atoms with Crippen LogP contribution in [0.2, 0.25) is 0 Å². The summed E-state index contributed by atoms with van der Waals surface area (Å²) in [5.74, 6) is 4.89. The van der Waals surface area contributed by atoms with Crippen LogP contribution in [0.15, 0.2) is 18.2 Å². The lowest BCUT2D eigenvalue weighted by Crippen LogP contribution is -2.48. The molecular weight excluding hydrogens is 276 g/mol. The number of carbonyl (C=O) groups excluding carboxylic acids is 1. The van der Waals surface area contributed by atoms with Gasteiger partial charge in [0.1, 0.15) is 11.3 Å². The summed E-state index contributed by atoms with van der Waals surface area (Å²) in [5, 5.41) is 11.2. The third-order valence-electron chi connectivity index (χ3n) is 3.31. The average molecular weight is 294 g/mol. The van der Waals surface area contributed by atoms with Crippen molar-refractivity contribution in [2.45, 2.75) is 26.1 Å². The topological polar surface area (TPSA) is 111 Å². The van der Waals surface area contributed by atoms with E-state index in [1.54, 1.807) is 11.0 Å². The molecule has 1 aliphatic heterocycles. The van der Waals surface area contributed by atoms with Crippen LogP contribution in [0, 0.1) is 10.1 Å². The van der Waals surface area contributed by atoms with Gasteiger partial charge in [-0.25, -0.2) is 0 Å². The summed E-state index contributed by atoms with van der Waals surface area (Å²) in [4.78, 5) is 24.8. The van der Waals surface area contributed by atoms with Crippen molar-refractivity contribution in [3.05, 3.63) is 33.9 Å². The minimum Gasteiger partial charge on any atom is -0.372 e. The summed E-state index contributed by atoms with van der Waals surface area (Å²) in [6.07, 6.45) is -0.208. The summed E-state index contributed by atoms with van der Waals surface area (Å²) in [7, 11) is 0. The van der Waals surface area contributed by atoms with Gasteiger partial charge in [-0.2, -0.15) is 0 Å². The van der Waals surface area contributed by atoms with E-state index in [4.69, 9.17) is 10.6 Å². The Labute approximate surface area is 122 Å². The number of anilines is 1. The highest BCUT2D eigenvalue weighted by atomic mass is 16.6. The van der Waals surface area contributed by atoms with Crippen molar-refractivity contribution in [2.75, 3.05) is 18.5 Å². The molecule has 1 heterocycles. The van der Waals surface area contributed by atoms with Crippen LogP contribution < -0.4 is 11.3 Å². The maximum absolute atomic E-state index is 12.6. The molecule has 1 aromatic rings. The van der Waals surface area contributed by atoms with E-state index in [0.717, 1.165) is 0 Å². The molecule has 21 heavy (non-hydrogen) atoms. The molecule has 0 radical (unpaired) electrons. The highest BCUT2D eigenvalue weighted by Gasteiger charge is 2.31. The third kappa shape index (κ3) is 3.11. The van der Waals surface area contributed by atoms with E-state index in [9.17, 15) is 14.9 Å². The van der Waals surface area contributed by atoms with Gasteiger partial charge in [-0.05, 0) is 26.0 Å². The zero-order valence-electron chi connectivity index (χ0n) is 11.9. The fourth-order valence-corrected chi connectivity index (χ4v) is 2.54. The van der Waals surface area contributed by atoms with E-state index in [0.29, 0.717) is 13.1 Å². The molecule has 0 aromatic heterocycles. The minimum atomic E-state index is -0.601. The van der Waals surface area contributed by atoms with E-state index in [-0.39, 0.29) is 35.1 Å². The van der Waals surface area contributed by atoms with Gasteiger partial charge in [-0.15, -0.1) is 0 Å². The molecule has 1 aliphatic rings. The first kappa shape index (κ1) is 15.2. The van der Waals surface area contributed by atoms with Crippen molar-refractivity contribution in [2.24, 2.45) is 5.84 Å². The number of nitrogens with zero attached hydrogens (tertiary/aromatic N) is 2. The van der Waals surface area contributed by atoms with Gasteiger partial charge in [-0.3, -0.25) is 20.8 Å². The van der Waals surface area contributed by atoms with Gasteiger partial charge in [0.15, 0.2) is 0 Å². The number of nitro benzene ring substituents is 1. The third-order valence-corrected chi connectivity index (χ3v) is 3.31. The molecule has 1 saturated heterocycles. The molecule has 1 aromatic carbocycles. The van der Waals surface area contributed by atoms with Gasteiger partial charge in [0.25, 0.3) is 5.91 Å². The average Bonchev–Trinajstić information content (AvgIpc) is 2.44. The Morgan fingerprint density at radius 3 is 2.57 bits per heavy atom. The van der Waals surface area contributed by atoms with Gasteiger partial charge in [0.2, 0.25) is 0 Å². The van der Waals surface area contributed by atoms with E-state index < -0.39 is 4.92 Å². The number of hydrogen-bond acceptors (Lipinski definition) is 6. The summed E-state index contributed by atoms with van der Waals surface area (Å²) >= 11 is 0. The molecule has 2 atom stereocenters. The number of carbonyl (C=O) groups is 1. The van der Waals surface area contributed by atoms with E-state index in [1.807, 2.05) is 13.8 Å². The molecule has 0 saturated carbocycles. The predicted octanol–water partition coefficient (Wildman–Crippen LogP) is 1.13. The maximum atomic E-state index is 12.6. The number of rotatable bonds is 3. The van der Waals surface area contributed by atoms with Gasteiger partial charge in [0, 0.05) is 13.1 Å². The second kappa shape index (κ2) is 6.06. The first-order valence-electron chi connectivity index (χ1n) is 6.62. The van der Waals surface area contributed by atoms with Crippen molar-refractivity contribution in [3.8, 4) is 0 Å². The first-order valence-corrected chi connectivity index (χ1v) is 6.62. The van der Waals surface area contributed by atoms with Crippen LogP contribution in [-0.2, 0) is 4.74 Å². The molecule has 1 fully saturated rings. The molecule has 0 bridgehead atoms. The molecule has 0 aliphatic carbocycles. The fourth-order valence-electron chi connectivity index (χ4n) is 2.54. The van der Waals surface area contributed by atoms with Crippen molar-refractivity contribution in [1.82, 2.24) is 4.90 Å². The lowest BCUT2D eigenvalue weighted by atomic mass is 10.1. The van der Waals surface area contributed by atoms with Crippen LogP contribution >= 0.6 is 0 Å². The highest BCUT2D eigenvalue weighted by Crippen LogP contribution is 2.29. The molecule has 2 rings (SSSR count). The maximum Gasteiger partial charge on any atom is 0.306 e. The molecule has 1 amide bonds. The van der Waals surface area contributed by atoms with Crippen molar-refractivity contribution < 1.29 is 14.5 Å². The molecule has 3 N–H and O–H groups in total. The summed E-state index contributed by atoms with van der Waals surface area (Å²) in [6, 6.07) is 4.45. The van der Waals surface area contributed by atoms with Crippen LogP contribution in [0.4, 0.5) is 11.4 Å². The number of benzene rings is 1. The van der Waals surface area contributed by atoms with Crippen LogP contribution in [-0.4, -0.2) is 41.0 Å². The van der Waals surface area contributed by atoms with E-state index in [2.05, 4.69) is 5.43 Å². The number of amides is 1. The number of morpholine rings is 1. The van der Waals surface area contributed by atoms with E-state index >= 15 is 0 Å². The Hall–Kier alpha value is -2.19. The number of hydrazine groups is 1. The standard InChI is InChI=1S/C13H18N4O4/c1-8-6-16(7-9(2)21-8)13(18)10-4-3-5-11(15-14)12(10)17(19)20/h3-5,8-9,15H,6-7,14H2,1-2H3/t8-,9+. The van der Waals surface area contributed by atoms with Crippen molar-refractivity contribution in [3.63, 3.8) is 0 Å². The number of hydrogen-bond donors (Lipinski definition) is 2. The van der Waals surface area contributed by atoms with Crippen LogP contribution in [0.25, 0.3) is 0 Å². The predicted molar refractivity (Wildman–Crippen MR) is 76.8 cm³/mol. The minimum absolute atomic E-state index is 0.0248. The Balaban J connectivity index is 2.37. The summed E-state index contributed by atoms with van der Waals surface area (Å²) in [5.41, 5.74) is 2.08. The molecular formula is C13H18N4O4. The van der Waals surface area contributed by atoms with Gasteiger partial charge < -0.3 is 15.1 Å². The van der Waals surface area contributed by atoms with Crippen LogP contribution in [0.5, 0.6) is 0 Å². The Morgan fingerprint density at radius 2 is 2.05 bits per heavy atom. The normalized spacial score (nSPS) is 22.0.